The Hall–Kier alpha value is -1.62. The van der Waals surface area contributed by atoms with Crippen LogP contribution in [0.2, 0.25) is 0 Å². The van der Waals surface area contributed by atoms with Crippen molar-refractivity contribution in [2.75, 3.05) is 25.5 Å². The fourth-order valence-corrected chi connectivity index (χ4v) is 1.60. The van der Waals surface area contributed by atoms with Gasteiger partial charge in [0.15, 0.2) is 5.69 Å². The summed E-state index contributed by atoms with van der Waals surface area (Å²) >= 11 is 0. The smallest absolute Gasteiger partial charge is 0.272 e. The van der Waals surface area contributed by atoms with E-state index in [9.17, 15) is 4.79 Å². The van der Waals surface area contributed by atoms with Crippen molar-refractivity contribution in [2.24, 2.45) is 5.92 Å². The number of hydrogen-bond donors (Lipinski definition) is 2. The van der Waals surface area contributed by atoms with Crippen molar-refractivity contribution >= 4 is 11.6 Å². The molecule has 0 atom stereocenters. The van der Waals surface area contributed by atoms with Crippen LogP contribution in [0.1, 0.15) is 29.8 Å². The number of anilines is 1. The van der Waals surface area contributed by atoms with Crippen LogP contribution in [-0.2, 0) is 4.74 Å². The summed E-state index contributed by atoms with van der Waals surface area (Å²) in [5.41, 5.74) is 6.36. The molecule has 0 saturated heterocycles. The molecule has 1 amide bonds. The molecule has 0 unspecified atom stereocenters. The van der Waals surface area contributed by atoms with Gasteiger partial charge >= 0.3 is 0 Å². The Morgan fingerprint density at radius 1 is 1.56 bits per heavy atom. The number of amides is 1. The number of carbonyl (C=O) groups excluding carboxylic acids is 1. The van der Waals surface area contributed by atoms with E-state index in [1.165, 1.54) is 12.8 Å². The minimum atomic E-state index is -0.227. The normalized spacial score (nSPS) is 14.4. The van der Waals surface area contributed by atoms with Crippen molar-refractivity contribution in [2.45, 2.75) is 19.3 Å². The quantitative estimate of drug-likeness (QED) is 0.712. The van der Waals surface area contributed by atoms with Crippen molar-refractivity contribution in [3.63, 3.8) is 0 Å². The Balaban J connectivity index is 1.60. The van der Waals surface area contributed by atoms with E-state index in [4.69, 9.17) is 10.5 Å². The molecule has 1 aromatic rings. The standard InChI is InChI=1S/C13H19N3O2/c14-11-3-1-6-15-12(11)13(17)16-7-2-8-18-9-10-4-5-10/h1,3,6,10H,2,4-5,7-9,14H2,(H,16,17). The zero-order valence-corrected chi connectivity index (χ0v) is 10.4. The Bertz CT molecular complexity index is 405. The first-order valence-corrected chi connectivity index (χ1v) is 6.34. The van der Waals surface area contributed by atoms with E-state index < -0.39 is 0 Å². The lowest BCUT2D eigenvalue weighted by Crippen LogP contribution is -2.27. The summed E-state index contributed by atoms with van der Waals surface area (Å²) in [4.78, 5) is 15.7. The molecule has 1 saturated carbocycles. The highest BCUT2D eigenvalue weighted by Gasteiger charge is 2.20. The van der Waals surface area contributed by atoms with Gasteiger partial charge in [-0.25, -0.2) is 4.98 Å². The first kappa shape index (κ1) is 12.8. The maximum atomic E-state index is 11.7. The maximum Gasteiger partial charge on any atom is 0.272 e. The van der Waals surface area contributed by atoms with Crippen LogP contribution in [0.15, 0.2) is 18.3 Å². The van der Waals surface area contributed by atoms with Gasteiger partial charge in [-0.05, 0) is 37.3 Å². The largest absolute Gasteiger partial charge is 0.397 e. The second kappa shape index (κ2) is 6.35. The lowest BCUT2D eigenvalue weighted by molar-refractivity contribution is 0.0933. The summed E-state index contributed by atoms with van der Waals surface area (Å²) in [5, 5.41) is 2.78. The van der Waals surface area contributed by atoms with E-state index >= 15 is 0 Å². The summed E-state index contributed by atoms with van der Waals surface area (Å²) in [6.07, 6.45) is 4.97. The molecule has 1 aromatic heterocycles. The number of carbonyl (C=O) groups is 1. The fourth-order valence-electron chi connectivity index (χ4n) is 1.60. The Morgan fingerprint density at radius 2 is 2.39 bits per heavy atom. The molecule has 2 rings (SSSR count). The lowest BCUT2D eigenvalue weighted by Gasteiger charge is -2.06. The Morgan fingerprint density at radius 3 is 3.11 bits per heavy atom. The van der Waals surface area contributed by atoms with E-state index in [0.717, 1.165) is 18.9 Å². The molecule has 98 valence electrons. The van der Waals surface area contributed by atoms with Crippen LogP contribution in [0.4, 0.5) is 5.69 Å². The zero-order valence-electron chi connectivity index (χ0n) is 10.4. The van der Waals surface area contributed by atoms with Gasteiger partial charge in [0.25, 0.3) is 5.91 Å². The number of aromatic nitrogens is 1. The summed E-state index contributed by atoms with van der Waals surface area (Å²) < 4.78 is 5.48. The zero-order chi connectivity index (χ0) is 12.8. The van der Waals surface area contributed by atoms with Crippen LogP contribution >= 0.6 is 0 Å². The summed E-state index contributed by atoms with van der Waals surface area (Å²) in [6.45, 7) is 2.13. The second-order valence-corrected chi connectivity index (χ2v) is 4.57. The van der Waals surface area contributed by atoms with Crippen LogP contribution in [0.5, 0.6) is 0 Å². The van der Waals surface area contributed by atoms with Crippen LogP contribution < -0.4 is 11.1 Å². The fraction of sp³-hybridized carbons (Fsp3) is 0.538. The minimum Gasteiger partial charge on any atom is -0.397 e. The van der Waals surface area contributed by atoms with Gasteiger partial charge in [0.1, 0.15) is 0 Å². The molecule has 0 spiro atoms. The highest BCUT2D eigenvalue weighted by molar-refractivity contribution is 5.96. The molecule has 18 heavy (non-hydrogen) atoms. The predicted octanol–water partition coefficient (Wildman–Crippen LogP) is 1.21. The molecule has 1 aliphatic carbocycles. The van der Waals surface area contributed by atoms with Gasteiger partial charge in [-0.2, -0.15) is 0 Å². The molecule has 3 N–H and O–H groups in total. The lowest BCUT2D eigenvalue weighted by atomic mass is 10.3. The van der Waals surface area contributed by atoms with Gasteiger partial charge in [0.05, 0.1) is 5.69 Å². The number of nitrogen functional groups attached to an aromatic ring is 1. The van der Waals surface area contributed by atoms with Crippen LogP contribution in [0, 0.1) is 5.92 Å². The molecular formula is C13H19N3O2. The van der Waals surface area contributed by atoms with Gasteiger partial charge in [-0.15, -0.1) is 0 Å². The highest BCUT2D eigenvalue weighted by Crippen LogP contribution is 2.28. The molecule has 0 radical (unpaired) electrons. The van der Waals surface area contributed by atoms with Gasteiger partial charge < -0.3 is 15.8 Å². The maximum absolute atomic E-state index is 11.7. The van der Waals surface area contributed by atoms with Crippen molar-refractivity contribution < 1.29 is 9.53 Å². The number of nitrogens with zero attached hydrogens (tertiary/aromatic N) is 1. The first-order valence-electron chi connectivity index (χ1n) is 6.34. The van der Waals surface area contributed by atoms with Crippen molar-refractivity contribution in [1.29, 1.82) is 0 Å². The molecule has 1 heterocycles. The highest BCUT2D eigenvalue weighted by atomic mass is 16.5. The van der Waals surface area contributed by atoms with Gasteiger partial charge in [-0.3, -0.25) is 4.79 Å². The Labute approximate surface area is 107 Å². The summed E-state index contributed by atoms with van der Waals surface area (Å²) in [5.74, 6) is 0.559. The molecule has 1 aliphatic rings. The topological polar surface area (TPSA) is 77.2 Å². The summed E-state index contributed by atoms with van der Waals surface area (Å²) in [6, 6.07) is 3.37. The number of nitrogens with two attached hydrogens (primary N) is 1. The second-order valence-electron chi connectivity index (χ2n) is 4.57. The van der Waals surface area contributed by atoms with E-state index in [0.29, 0.717) is 18.8 Å². The molecule has 5 nitrogen and oxygen atoms in total. The Kier molecular flexibility index (Phi) is 4.52. The molecule has 1 fully saturated rings. The van der Waals surface area contributed by atoms with Gasteiger partial charge in [0, 0.05) is 26.0 Å². The van der Waals surface area contributed by atoms with E-state index in [2.05, 4.69) is 10.3 Å². The van der Waals surface area contributed by atoms with E-state index in [1.54, 1.807) is 18.3 Å². The molecule has 0 bridgehead atoms. The average molecular weight is 249 g/mol. The third-order valence-corrected chi connectivity index (χ3v) is 2.86. The van der Waals surface area contributed by atoms with Crippen LogP contribution in [0.3, 0.4) is 0 Å². The van der Waals surface area contributed by atoms with E-state index in [-0.39, 0.29) is 11.6 Å². The van der Waals surface area contributed by atoms with Gasteiger partial charge in [-0.1, -0.05) is 0 Å². The summed E-state index contributed by atoms with van der Waals surface area (Å²) in [7, 11) is 0. The third-order valence-electron chi connectivity index (χ3n) is 2.86. The van der Waals surface area contributed by atoms with E-state index in [1.807, 2.05) is 0 Å². The number of ether oxygens (including phenoxy) is 1. The monoisotopic (exact) mass is 249 g/mol. The number of pyridine rings is 1. The molecule has 5 heteroatoms. The number of nitrogens with one attached hydrogen (secondary N) is 1. The van der Waals surface area contributed by atoms with Crippen molar-refractivity contribution in [3.8, 4) is 0 Å². The first-order chi connectivity index (χ1) is 8.77. The van der Waals surface area contributed by atoms with Crippen LogP contribution in [0.25, 0.3) is 0 Å². The molecule has 0 aromatic carbocycles. The third kappa shape index (κ3) is 4.00. The predicted molar refractivity (Wildman–Crippen MR) is 69.1 cm³/mol. The average Bonchev–Trinajstić information content (AvgIpc) is 3.18. The molecule has 0 aliphatic heterocycles. The van der Waals surface area contributed by atoms with Gasteiger partial charge in [0.2, 0.25) is 0 Å². The van der Waals surface area contributed by atoms with Crippen molar-refractivity contribution in [1.82, 2.24) is 10.3 Å². The molecular weight excluding hydrogens is 230 g/mol. The van der Waals surface area contributed by atoms with Crippen molar-refractivity contribution in [3.05, 3.63) is 24.0 Å². The minimum absolute atomic E-state index is 0.227. The number of hydrogen-bond acceptors (Lipinski definition) is 4. The SMILES string of the molecule is Nc1cccnc1C(=O)NCCCOCC1CC1. The number of rotatable bonds is 7. The van der Waals surface area contributed by atoms with Crippen LogP contribution in [-0.4, -0.2) is 30.6 Å².